The van der Waals surface area contributed by atoms with Crippen LogP contribution >= 0.6 is 11.6 Å². The number of urea groups is 1. The molecule has 26 heavy (non-hydrogen) atoms. The van der Waals surface area contributed by atoms with Crippen LogP contribution in [0.1, 0.15) is 18.9 Å². The third-order valence-corrected chi connectivity index (χ3v) is 4.03. The fourth-order valence-corrected chi connectivity index (χ4v) is 2.80. The van der Waals surface area contributed by atoms with Crippen molar-refractivity contribution in [3.63, 3.8) is 0 Å². The van der Waals surface area contributed by atoms with Crippen molar-refractivity contribution in [1.29, 1.82) is 0 Å². The van der Waals surface area contributed by atoms with E-state index < -0.39 is 0 Å². The molecule has 2 aromatic rings. The van der Waals surface area contributed by atoms with Crippen molar-refractivity contribution in [3.05, 3.63) is 59.3 Å². The number of benzene rings is 2. The molecule has 2 aromatic carbocycles. The first kappa shape index (κ1) is 17.8. The normalized spacial score (nSPS) is 13.0. The topological polar surface area (TPSA) is 88.7 Å². The largest absolute Gasteiger partial charge is 0.492 e. The molecule has 4 N–H and O–H groups in total. The second-order valence-electron chi connectivity index (χ2n) is 5.69. The molecule has 0 radical (unpaired) electrons. The number of amidine groups is 1. The maximum Gasteiger partial charge on any atom is 0.323 e. The van der Waals surface area contributed by atoms with Crippen molar-refractivity contribution in [2.75, 3.05) is 17.2 Å². The summed E-state index contributed by atoms with van der Waals surface area (Å²) in [6.45, 7) is 2.41. The molecule has 0 unspecified atom stereocenters. The third-order valence-electron chi connectivity index (χ3n) is 3.74. The minimum atomic E-state index is -0.362. The number of nitrogens with zero attached hydrogens (tertiary/aromatic N) is 1. The molecule has 1 heterocycles. The molecule has 3 rings (SSSR count). The number of aliphatic imine (C=N–C) groups is 1. The number of carbonyl (C=O) groups excluding carboxylic acids is 1. The summed E-state index contributed by atoms with van der Waals surface area (Å²) in [5.74, 6) is 1.17. The average molecular weight is 371 g/mol. The fourth-order valence-electron chi connectivity index (χ4n) is 2.57. The molecule has 0 saturated carbocycles. The van der Waals surface area contributed by atoms with Crippen LogP contribution in [0.25, 0.3) is 5.57 Å². The lowest BCUT2D eigenvalue weighted by Gasteiger charge is -2.11. The van der Waals surface area contributed by atoms with Crippen molar-refractivity contribution in [1.82, 2.24) is 0 Å². The summed E-state index contributed by atoms with van der Waals surface area (Å²) in [5.41, 5.74) is 8.94. The standard InChI is InChI=1S/C19H19ClN4O2/c1-2-26-17-7-6-15(10-16(17)20)24-19(25)23-14-5-3-4-12(8-14)13-9-18(21)22-11-13/h3-8,10-11H,2,9H2,1H3,(H2,21,22)(H2,23,24,25). The average Bonchev–Trinajstić information content (AvgIpc) is 3.04. The highest BCUT2D eigenvalue weighted by Gasteiger charge is 2.11. The van der Waals surface area contributed by atoms with E-state index in [9.17, 15) is 4.79 Å². The molecular formula is C19H19ClN4O2. The second kappa shape index (κ2) is 7.93. The monoisotopic (exact) mass is 370 g/mol. The van der Waals surface area contributed by atoms with E-state index in [1.54, 1.807) is 24.4 Å². The highest BCUT2D eigenvalue weighted by molar-refractivity contribution is 6.32. The van der Waals surface area contributed by atoms with Gasteiger partial charge in [0.15, 0.2) is 0 Å². The van der Waals surface area contributed by atoms with E-state index in [1.807, 2.05) is 31.2 Å². The molecule has 134 valence electrons. The molecular weight excluding hydrogens is 352 g/mol. The van der Waals surface area contributed by atoms with E-state index >= 15 is 0 Å². The van der Waals surface area contributed by atoms with Gasteiger partial charge in [0.25, 0.3) is 0 Å². The molecule has 0 aliphatic carbocycles. The van der Waals surface area contributed by atoms with Gasteiger partial charge in [0, 0.05) is 24.0 Å². The van der Waals surface area contributed by atoms with Crippen LogP contribution in [0.15, 0.2) is 53.7 Å². The van der Waals surface area contributed by atoms with Gasteiger partial charge in [-0.1, -0.05) is 23.7 Å². The van der Waals surface area contributed by atoms with E-state index in [0.717, 1.165) is 11.1 Å². The van der Waals surface area contributed by atoms with Crippen LogP contribution < -0.4 is 21.1 Å². The Kier molecular flexibility index (Phi) is 5.43. The first-order chi connectivity index (χ1) is 12.5. The van der Waals surface area contributed by atoms with Crippen LogP contribution in [-0.2, 0) is 0 Å². The zero-order chi connectivity index (χ0) is 18.5. The molecule has 1 aliphatic heterocycles. The van der Waals surface area contributed by atoms with Crippen LogP contribution in [-0.4, -0.2) is 18.5 Å². The minimum absolute atomic E-state index is 0.362. The molecule has 0 fully saturated rings. The Balaban J connectivity index is 1.64. The van der Waals surface area contributed by atoms with Gasteiger partial charge < -0.3 is 21.1 Å². The van der Waals surface area contributed by atoms with E-state index in [0.29, 0.717) is 41.0 Å². The van der Waals surface area contributed by atoms with Gasteiger partial charge in [0.2, 0.25) is 0 Å². The van der Waals surface area contributed by atoms with Crippen molar-refractivity contribution in [3.8, 4) is 5.75 Å². The van der Waals surface area contributed by atoms with Crippen molar-refractivity contribution < 1.29 is 9.53 Å². The number of carbonyl (C=O) groups is 1. The lowest BCUT2D eigenvalue weighted by atomic mass is 10.0. The van der Waals surface area contributed by atoms with Gasteiger partial charge in [-0.2, -0.15) is 0 Å². The Morgan fingerprint density at radius 3 is 2.65 bits per heavy atom. The number of halogens is 1. The molecule has 7 heteroatoms. The predicted molar refractivity (Wildman–Crippen MR) is 106 cm³/mol. The van der Waals surface area contributed by atoms with Crippen molar-refractivity contribution in [2.45, 2.75) is 13.3 Å². The number of hydrogen-bond donors (Lipinski definition) is 3. The summed E-state index contributed by atoms with van der Waals surface area (Å²) in [4.78, 5) is 16.3. The SMILES string of the molecule is CCOc1ccc(NC(=O)Nc2cccc(C3=CN=C(N)C3)c2)cc1Cl. The van der Waals surface area contributed by atoms with Crippen molar-refractivity contribution >= 4 is 40.4 Å². The summed E-state index contributed by atoms with van der Waals surface area (Å²) < 4.78 is 5.38. The Morgan fingerprint density at radius 2 is 2.00 bits per heavy atom. The molecule has 1 aliphatic rings. The highest BCUT2D eigenvalue weighted by atomic mass is 35.5. The van der Waals surface area contributed by atoms with Gasteiger partial charge in [-0.05, 0) is 48.4 Å². The van der Waals surface area contributed by atoms with Gasteiger partial charge >= 0.3 is 6.03 Å². The van der Waals surface area contributed by atoms with Gasteiger partial charge in [0.1, 0.15) is 11.6 Å². The van der Waals surface area contributed by atoms with Crippen LogP contribution in [0, 0.1) is 0 Å². The molecule has 0 aromatic heterocycles. The van der Waals surface area contributed by atoms with Crippen LogP contribution in [0.3, 0.4) is 0 Å². The van der Waals surface area contributed by atoms with Crippen LogP contribution in [0.5, 0.6) is 5.75 Å². The summed E-state index contributed by atoms with van der Waals surface area (Å²) in [6.07, 6.45) is 2.36. The van der Waals surface area contributed by atoms with E-state index in [1.165, 1.54) is 0 Å². The predicted octanol–water partition coefficient (Wildman–Crippen LogP) is 4.48. The minimum Gasteiger partial charge on any atom is -0.492 e. The summed E-state index contributed by atoms with van der Waals surface area (Å²) >= 11 is 6.13. The molecule has 0 saturated heterocycles. The first-order valence-electron chi connectivity index (χ1n) is 8.17. The number of nitrogens with two attached hydrogens (primary N) is 1. The Hall–Kier alpha value is -2.99. The van der Waals surface area contributed by atoms with E-state index in [2.05, 4.69) is 15.6 Å². The molecule has 0 bridgehead atoms. The second-order valence-corrected chi connectivity index (χ2v) is 6.10. The number of hydrogen-bond acceptors (Lipinski definition) is 4. The number of nitrogens with one attached hydrogen (secondary N) is 2. The zero-order valence-corrected chi connectivity index (χ0v) is 15.0. The molecule has 0 spiro atoms. The highest BCUT2D eigenvalue weighted by Crippen LogP contribution is 2.28. The van der Waals surface area contributed by atoms with Crippen molar-refractivity contribution in [2.24, 2.45) is 10.7 Å². The molecule has 2 amide bonds. The lowest BCUT2D eigenvalue weighted by Crippen LogP contribution is -2.19. The third kappa shape index (κ3) is 4.34. The summed E-state index contributed by atoms with van der Waals surface area (Å²) in [5, 5.41) is 6.00. The van der Waals surface area contributed by atoms with E-state index in [-0.39, 0.29) is 6.03 Å². The maximum atomic E-state index is 12.2. The summed E-state index contributed by atoms with van der Waals surface area (Å²) in [7, 11) is 0. The van der Waals surface area contributed by atoms with Gasteiger partial charge in [-0.15, -0.1) is 0 Å². The maximum absolute atomic E-state index is 12.2. The van der Waals surface area contributed by atoms with Crippen LogP contribution in [0.2, 0.25) is 5.02 Å². The smallest absolute Gasteiger partial charge is 0.323 e. The summed E-state index contributed by atoms with van der Waals surface area (Å²) in [6, 6.07) is 12.3. The number of anilines is 2. The van der Waals surface area contributed by atoms with Crippen LogP contribution in [0.4, 0.5) is 16.2 Å². The van der Waals surface area contributed by atoms with Gasteiger partial charge in [-0.3, -0.25) is 0 Å². The van der Waals surface area contributed by atoms with E-state index in [4.69, 9.17) is 22.1 Å². The number of ether oxygens (including phenoxy) is 1. The first-order valence-corrected chi connectivity index (χ1v) is 8.55. The Labute approximate surface area is 156 Å². The quantitative estimate of drug-likeness (QED) is 0.724. The zero-order valence-electron chi connectivity index (χ0n) is 14.3. The van der Waals surface area contributed by atoms with Gasteiger partial charge in [-0.25, -0.2) is 9.79 Å². The molecule has 6 nitrogen and oxygen atoms in total. The Bertz CT molecular complexity index is 893. The van der Waals surface area contributed by atoms with Gasteiger partial charge in [0.05, 0.1) is 11.6 Å². The Morgan fingerprint density at radius 1 is 1.23 bits per heavy atom. The number of rotatable bonds is 5. The fraction of sp³-hybridized carbons (Fsp3) is 0.158. The number of amides is 2. The lowest BCUT2D eigenvalue weighted by molar-refractivity contribution is 0.262. The molecule has 0 atom stereocenters.